The van der Waals surface area contributed by atoms with E-state index >= 15 is 0 Å². The lowest BCUT2D eigenvalue weighted by molar-refractivity contribution is -0.140. The molecule has 0 spiro atoms. The maximum atomic E-state index is 14.5. The summed E-state index contributed by atoms with van der Waals surface area (Å²) in [4.78, 5) is 30.0. The van der Waals surface area contributed by atoms with E-state index in [0.29, 0.717) is 12.2 Å². The Morgan fingerprint density at radius 1 is 0.733 bits per heavy atom. The average molecular weight is 626 g/mol. The Morgan fingerprint density at radius 2 is 1.29 bits per heavy atom. The Hall–Kier alpha value is -4.43. The van der Waals surface area contributed by atoms with E-state index in [1.54, 1.807) is 36.4 Å². The van der Waals surface area contributed by atoms with E-state index in [2.05, 4.69) is 5.32 Å². The minimum atomic E-state index is -4.15. The molecule has 0 aliphatic heterocycles. The van der Waals surface area contributed by atoms with Gasteiger partial charge in [0, 0.05) is 19.5 Å². The zero-order valence-electron chi connectivity index (χ0n) is 26.7. The van der Waals surface area contributed by atoms with E-state index in [0.717, 1.165) is 27.8 Å². The number of hydrogen-bond donors (Lipinski definition) is 1. The lowest BCUT2D eigenvalue weighted by Gasteiger charge is -2.34. The number of nitrogens with one attached hydrogen (secondary N) is 1. The van der Waals surface area contributed by atoms with E-state index in [1.165, 1.54) is 9.21 Å². The summed E-state index contributed by atoms with van der Waals surface area (Å²) < 4.78 is 29.6. The number of aryl methyl sites for hydroxylation is 3. The third kappa shape index (κ3) is 9.05. The Kier molecular flexibility index (Phi) is 11.2. The molecule has 0 bridgehead atoms. The van der Waals surface area contributed by atoms with Gasteiger partial charge in [0.05, 0.1) is 10.6 Å². The van der Waals surface area contributed by atoms with E-state index < -0.39 is 28.5 Å². The van der Waals surface area contributed by atoms with Crippen molar-refractivity contribution in [1.82, 2.24) is 10.2 Å². The zero-order chi connectivity index (χ0) is 32.6. The van der Waals surface area contributed by atoms with Gasteiger partial charge in [-0.25, -0.2) is 8.42 Å². The number of anilines is 1. The van der Waals surface area contributed by atoms with Crippen LogP contribution < -0.4 is 9.62 Å². The van der Waals surface area contributed by atoms with Crippen molar-refractivity contribution in [1.29, 1.82) is 0 Å². The molecule has 0 aliphatic rings. The SMILES string of the molecule is Cc1ccc(S(=O)(=O)N(CC(=O)N(Cc2ccccc2)C(Cc2ccccc2)C(=O)NCC(C)C)c2cc(C)cc(C)c2)cc1. The molecule has 0 saturated carbocycles. The largest absolute Gasteiger partial charge is 0.354 e. The number of amides is 2. The van der Waals surface area contributed by atoms with Crippen molar-refractivity contribution in [3.63, 3.8) is 0 Å². The van der Waals surface area contributed by atoms with Crippen molar-refractivity contribution >= 4 is 27.5 Å². The predicted molar refractivity (Wildman–Crippen MR) is 180 cm³/mol. The van der Waals surface area contributed by atoms with Crippen molar-refractivity contribution in [3.8, 4) is 0 Å². The highest BCUT2D eigenvalue weighted by molar-refractivity contribution is 7.92. The molecule has 236 valence electrons. The van der Waals surface area contributed by atoms with Crippen molar-refractivity contribution in [2.24, 2.45) is 5.92 Å². The molecule has 0 fully saturated rings. The van der Waals surface area contributed by atoms with Gasteiger partial charge in [0.15, 0.2) is 0 Å². The van der Waals surface area contributed by atoms with Gasteiger partial charge < -0.3 is 10.2 Å². The van der Waals surface area contributed by atoms with Gasteiger partial charge in [0.25, 0.3) is 10.0 Å². The molecule has 8 heteroatoms. The molecule has 2 amide bonds. The molecule has 0 radical (unpaired) electrons. The fourth-order valence-corrected chi connectivity index (χ4v) is 6.62. The van der Waals surface area contributed by atoms with Crippen LogP contribution in [0.1, 0.15) is 41.7 Å². The molecule has 1 atom stereocenters. The molecular formula is C37H43N3O4S. The summed E-state index contributed by atoms with van der Waals surface area (Å²) in [6.45, 7) is 9.81. The normalized spacial score (nSPS) is 12.0. The van der Waals surface area contributed by atoms with Crippen LogP contribution >= 0.6 is 0 Å². The monoisotopic (exact) mass is 625 g/mol. The summed E-state index contributed by atoms with van der Waals surface area (Å²) in [5.41, 5.74) is 4.79. The summed E-state index contributed by atoms with van der Waals surface area (Å²) in [5.74, 6) is -0.546. The Balaban J connectivity index is 1.81. The van der Waals surface area contributed by atoms with Crippen molar-refractivity contribution in [3.05, 3.63) is 131 Å². The van der Waals surface area contributed by atoms with E-state index in [-0.39, 0.29) is 29.7 Å². The van der Waals surface area contributed by atoms with Crippen LogP contribution in [0.4, 0.5) is 5.69 Å². The Morgan fingerprint density at radius 3 is 1.84 bits per heavy atom. The standard InChI is InChI=1S/C37H43N3O4S/c1-27(2)24-38-37(42)35(23-31-12-8-6-9-13-31)39(25-32-14-10-7-11-15-32)36(41)26-40(33-21-29(4)20-30(5)22-33)45(43,44)34-18-16-28(3)17-19-34/h6-22,27,35H,23-26H2,1-5H3,(H,38,42). The van der Waals surface area contributed by atoms with E-state index in [4.69, 9.17) is 0 Å². The summed E-state index contributed by atoms with van der Waals surface area (Å²) >= 11 is 0. The van der Waals surface area contributed by atoms with Gasteiger partial charge in [-0.3, -0.25) is 13.9 Å². The third-order valence-electron chi connectivity index (χ3n) is 7.53. The smallest absolute Gasteiger partial charge is 0.264 e. The van der Waals surface area contributed by atoms with Crippen LogP contribution in [-0.2, 0) is 32.6 Å². The molecule has 0 heterocycles. The number of nitrogens with zero attached hydrogens (tertiary/aromatic N) is 2. The molecule has 45 heavy (non-hydrogen) atoms. The molecule has 4 aromatic rings. The number of carbonyl (C=O) groups is 2. The van der Waals surface area contributed by atoms with Gasteiger partial charge in [0.2, 0.25) is 11.8 Å². The average Bonchev–Trinajstić information content (AvgIpc) is 3.01. The molecule has 1 unspecified atom stereocenters. The molecule has 4 rings (SSSR count). The molecule has 0 aromatic heterocycles. The van der Waals surface area contributed by atoms with E-state index in [1.807, 2.05) is 101 Å². The van der Waals surface area contributed by atoms with Gasteiger partial charge >= 0.3 is 0 Å². The number of hydrogen-bond acceptors (Lipinski definition) is 4. The second kappa shape index (κ2) is 15.0. The Bertz CT molecular complexity index is 1670. The number of sulfonamides is 1. The van der Waals surface area contributed by atoms with Gasteiger partial charge in [-0.1, -0.05) is 98.3 Å². The van der Waals surface area contributed by atoms with Crippen molar-refractivity contribution < 1.29 is 18.0 Å². The van der Waals surface area contributed by atoms with Crippen LogP contribution in [0, 0.1) is 26.7 Å². The second-order valence-corrected chi connectivity index (χ2v) is 13.9. The highest BCUT2D eigenvalue weighted by Gasteiger charge is 2.34. The van der Waals surface area contributed by atoms with Crippen LogP contribution in [0.15, 0.2) is 108 Å². The first kappa shape index (κ1) is 33.5. The van der Waals surface area contributed by atoms with Gasteiger partial charge in [-0.2, -0.15) is 0 Å². The molecular weight excluding hydrogens is 582 g/mol. The lowest BCUT2D eigenvalue weighted by Crippen LogP contribution is -2.53. The topological polar surface area (TPSA) is 86.8 Å². The Labute approximate surface area is 268 Å². The third-order valence-corrected chi connectivity index (χ3v) is 9.32. The highest BCUT2D eigenvalue weighted by atomic mass is 32.2. The fraction of sp³-hybridized carbons (Fsp3) is 0.297. The van der Waals surface area contributed by atoms with Crippen LogP contribution in [0.25, 0.3) is 0 Å². The minimum Gasteiger partial charge on any atom is -0.354 e. The van der Waals surface area contributed by atoms with Crippen molar-refractivity contribution in [2.75, 3.05) is 17.4 Å². The van der Waals surface area contributed by atoms with Crippen LogP contribution in [0.2, 0.25) is 0 Å². The second-order valence-electron chi connectivity index (χ2n) is 12.0. The molecule has 0 aliphatic carbocycles. The summed E-state index contributed by atoms with van der Waals surface area (Å²) in [7, 11) is -4.15. The maximum absolute atomic E-state index is 14.5. The summed E-state index contributed by atoms with van der Waals surface area (Å²) in [6.07, 6.45) is 0.275. The molecule has 4 aromatic carbocycles. The van der Waals surface area contributed by atoms with Crippen LogP contribution in [0.3, 0.4) is 0 Å². The number of rotatable bonds is 13. The molecule has 1 N–H and O–H groups in total. The van der Waals surface area contributed by atoms with Crippen LogP contribution in [-0.4, -0.2) is 44.3 Å². The first-order valence-corrected chi connectivity index (χ1v) is 16.7. The number of benzene rings is 4. The van der Waals surface area contributed by atoms with Gasteiger partial charge in [0.1, 0.15) is 12.6 Å². The molecule has 7 nitrogen and oxygen atoms in total. The quantitative estimate of drug-likeness (QED) is 0.191. The number of carbonyl (C=O) groups excluding carboxylic acids is 2. The highest BCUT2D eigenvalue weighted by Crippen LogP contribution is 2.27. The predicted octanol–water partition coefficient (Wildman–Crippen LogP) is 6.22. The summed E-state index contributed by atoms with van der Waals surface area (Å²) in [5, 5.41) is 3.02. The maximum Gasteiger partial charge on any atom is 0.264 e. The van der Waals surface area contributed by atoms with Crippen LogP contribution in [0.5, 0.6) is 0 Å². The minimum absolute atomic E-state index is 0.0881. The summed E-state index contributed by atoms with van der Waals surface area (Å²) in [6, 6.07) is 30.2. The lowest BCUT2D eigenvalue weighted by atomic mass is 10.0. The molecule has 0 saturated heterocycles. The first-order valence-electron chi connectivity index (χ1n) is 15.3. The van der Waals surface area contributed by atoms with Gasteiger partial charge in [-0.05, 0) is 73.2 Å². The first-order chi connectivity index (χ1) is 21.4. The van der Waals surface area contributed by atoms with Crippen molar-refractivity contribution in [2.45, 2.75) is 58.5 Å². The fourth-order valence-electron chi connectivity index (χ4n) is 5.22. The zero-order valence-corrected chi connectivity index (χ0v) is 27.6. The van der Waals surface area contributed by atoms with E-state index in [9.17, 15) is 18.0 Å². The van der Waals surface area contributed by atoms with Gasteiger partial charge in [-0.15, -0.1) is 0 Å².